The third-order valence-electron chi connectivity index (χ3n) is 2.51. The van der Waals surface area contributed by atoms with Gasteiger partial charge in [0.2, 0.25) is 0 Å². The fourth-order valence-electron chi connectivity index (χ4n) is 1.65. The van der Waals surface area contributed by atoms with Crippen molar-refractivity contribution in [2.75, 3.05) is 39.7 Å². The first-order valence-corrected chi connectivity index (χ1v) is 6.54. The quantitative estimate of drug-likeness (QED) is 0.812. The standard InChI is InChI=1S/C12H18BrN3O3/c1-14-11-10(4-8(13)5-15-11)12(18)16(2)6-9(17)7-19-3/h4-5,9,17H,6-7H2,1-3H3,(H,14,15). The number of nitrogens with one attached hydrogen (secondary N) is 1. The summed E-state index contributed by atoms with van der Waals surface area (Å²) in [5, 5.41) is 12.5. The van der Waals surface area contributed by atoms with Crippen molar-refractivity contribution in [3.8, 4) is 0 Å². The number of carbonyl (C=O) groups is 1. The molecule has 0 aliphatic carbocycles. The number of halogens is 1. The van der Waals surface area contributed by atoms with Crippen molar-refractivity contribution in [1.29, 1.82) is 0 Å². The van der Waals surface area contributed by atoms with Gasteiger partial charge in [-0.05, 0) is 22.0 Å². The molecule has 19 heavy (non-hydrogen) atoms. The first-order valence-electron chi connectivity index (χ1n) is 5.75. The Morgan fingerprint density at radius 3 is 2.95 bits per heavy atom. The lowest BCUT2D eigenvalue weighted by molar-refractivity contribution is 0.0380. The van der Waals surface area contributed by atoms with Gasteiger partial charge >= 0.3 is 0 Å². The van der Waals surface area contributed by atoms with E-state index >= 15 is 0 Å². The number of nitrogens with zero attached hydrogens (tertiary/aromatic N) is 2. The van der Waals surface area contributed by atoms with E-state index in [1.807, 2.05) is 0 Å². The van der Waals surface area contributed by atoms with Crippen LogP contribution in [0.1, 0.15) is 10.4 Å². The zero-order chi connectivity index (χ0) is 14.4. The maximum absolute atomic E-state index is 12.3. The summed E-state index contributed by atoms with van der Waals surface area (Å²) in [5.41, 5.74) is 0.448. The van der Waals surface area contributed by atoms with Crippen molar-refractivity contribution in [2.24, 2.45) is 0 Å². The van der Waals surface area contributed by atoms with Gasteiger partial charge in [0.15, 0.2) is 0 Å². The van der Waals surface area contributed by atoms with Crippen LogP contribution in [0, 0.1) is 0 Å². The van der Waals surface area contributed by atoms with E-state index in [-0.39, 0.29) is 19.1 Å². The van der Waals surface area contributed by atoms with Crippen molar-refractivity contribution in [1.82, 2.24) is 9.88 Å². The summed E-state index contributed by atoms with van der Waals surface area (Å²) in [6.45, 7) is 0.385. The van der Waals surface area contributed by atoms with Crippen molar-refractivity contribution < 1.29 is 14.6 Å². The SMILES string of the molecule is CNc1ncc(Br)cc1C(=O)N(C)CC(O)COC. The highest BCUT2D eigenvalue weighted by Gasteiger charge is 2.19. The number of carbonyl (C=O) groups excluding carboxylic acids is 1. The minimum Gasteiger partial charge on any atom is -0.389 e. The van der Waals surface area contributed by atoms with Crippen molar-refractivity contribution in [3.05, 3.63) is 22.3 Å². The molecular weight excluding hydrogens is 314 g/mol. The number of hydrogen-bond donors (Lipinski definition) is 2. The van der Waals surface area contributed by atoms with E-state index in [2.05, 4.69) is 26.2 Å². The van der Waals surface area contributed by atoms with Crippen molar-refractivity contribution in [3.63, 3.8) is 0 Å². The average molecular weight is 332 g/mol. The number of likely N-dealkylation sites (N-methyl/N-ethyl adjacent to an activating group) is 1. The van der Waals surface area contributed by atoms with Crippen LogP contribution in [0.2, 0.25) is 0 Å². The van der Waals surface area contributed by atoms with Gasteiger partial charge in [-0.2, -0.15) is 0 Å². The second kappa shape index (κ2) is 7.42. The molecule has 1 atom stereocenters. The third kappa shape index (κ3) is 4.45. The van der Waals surface area contributed by atoms with Crippen LogP contribution in [0.3, 0.4) is 0 Å². The van der Waals surface area contributed by atoms with Crippen LogP contribution < -0.4 is 5.32 Å². The van der Waals surface area contributed by atoms with Crippen LogP contribution in [0.25, 0.3) is 0 Å². The van der Waals surface area contributed by atoms with Gasteiger partial charge in [-0.15, -0.1) is 0 Å². The molecule has 0 saturated carbocycles. The molecule has 0 aromatic carbocycles. The number of anilines is 1. The van der Waals surface area contributed by atoms with E-state index in [0.717, 1.165) is 4.47 Å². The minimum absolute atomic E-state index is 0.188. The van der Waals surface area contributed by atoms with Crippen LogP contribution >= 0.6 is 15.9 Å². The molecule has 0 bridgehead atoms. The first-order chi connectivity index (χ1) is 8.99. The van der Waals surface area contributed by atoms with Gasteiger partial charge in [-0.1, -0.05) is 0 Å². The summed E-state index contributed by atoms with van der Waals surface area (Å²) in [6.07, 6.45) is 0.902. The Morgan fingerprint density at radius 2 is 2.37 bits per heavy atom. The number of hydrogen-bond acceptors (Lipinski definition) is 5. The van der Waals surface area contributed by atoms with E-state index < -0.39 is 6.10 Å². The number of ether oxygens (including phenoxy) is 1. The Hall–Kier alpha value is -1.18. The molecule has 2 N–H and O–H groups in total. The highest BCUT2D eigenvalue weighted by molar-refractivity contribution is 9.10. The van der Waals surface area contributed by atoms with Crippen LogP contribution in [0.4, 0.5) is 5.82 Å². The molecule has 6 nitrogen and oxygen atoms in total. The highest BCUT2D eigenvalue weighted by Crippen LogP contribution is 2.19. The van der Waals surface area contributed by atoms with Crippen molar-refractivity contribution >= 4 is 27.7 Å². The predicted molar refractivity (Wildman–Crippen MR) is 76.3 cm³/mol. The molecule has 1 aromatic rings. The summed E-state index contributed by atoms with van der Waals surface area (Å²) in [5.74, 6) is 0.287. The fraction of sp³-hybridized carbons (Fsp3) is 0.500. The highest BCUT2D eigenvalue weighted by atomic mass is 79.9. The first kappa shape index (κ1) is 15.9. The monoisotopic (exact) mass is 331 g/mol. The summed E-state index contributed by atoms with van der Waals surface area (Å²) in [6, 6.07) is 1.69. The minimum atomic E-state index is -0.711. The Bertz CT molecular complexity index is 442. The molecule has 0 radical (unpaired) electrons. The van der Waals surface area contributed by atoms with Crippen LogP contribution in [0.15, 0.2) is 16.7 Å². The maximum atomic E-state index is 12.3. The molecule has 1 rings (SSSR count). The van der Waals surface area contributed by atoms with Gasteiger partial charge in [0.25, 0.3) is 5.91 Å². The molecule has 7 heteroatoms. The van der Waals surface area contributed by atoms with Gasteiger partial charge in [-0.3, -0.25) is 4.79 Å². The number of aromatic nitrogens is 1. The Balaban J connectivity index is 2.84. The Morgan fingerprint density at radius 1 is 1.68 bits per heavy atom. The lowest BCUT2D eigenvalue weighted by Gasteiger charge is -2.21. The summed E-state index contributed by atoms with van der Waals surface area (Å²) >= 11 is 3.29. The topological polar surface area (TPSA) is 74.7 Å². The zero-order valence-electron chi connectivity index (χ0n) is 11.2. The van der Waals surface area contributed by atoms with Gasteiger partial charge < -0.3 is 20.1 Å². The molecule has 106 valence electrons. The molecule has 0 saturated heterocycles. The largest absolute Gasteiger partial charge is 0.389 e. The normalized spacial score (nSPS) is 12.1. The lowest BCUT2D eigenvalue weighted by atomic mass is 10.2. The van der Waals surface area contributed by atoms with E-state index in [0.29, 0.717) is 11.4 Å². The van der Waals surface area contributed by atoms with Crippen molar-refractivity contribution in [2.45, 2.75) is 6.10 Å². The summed E-state index contributed by atoms with van der Waals surface area (Å²) < 4.78 is 5.56. The second-order valence-corrected chi connectivity index (χ2v) is 5.01. The van der Waals surface area contributed by atoms with E-state index in [4.69, 9.17) is 4.74 Å². The number of pyridine rings is 1. The average Bonchev–Trinajstić information content (AvgIpc) is 2.37. The molecule has 1 amide bonds. The third-order valence-corrected chi connectivity index (χ3v) is 2.95. The number of methoxy groups -OCH3 is 1. The van der Waals surface area contributed by atoms with Crippen LogP contribution in [0.5, 0.6) is 0 Å². The molecule has 0 aliphatic rings. The number of rotatable bonds is 6. The zero-order valence-corrected chi connectivity index (χ0v) is 12.8. The Labute approximate surface area is 120 Å². The van der Waals surface area contributed by atoms with Gasteiger partial charge in [0, 0.05) is 38.4 Å². The smallest absolute Gasteiger partial charge is 0.257 e. The van der Waals surface area contributed by atoms with Gasteiger partial charge in [0.1, 0.15) is 5.82 Å². The molecule has 0 aliphatic heterocycles. The van der Waals surface area contributed by atoms with Crippen LogP contribution in [-0.2, 0) is 4.74 Å². The molecule has 0 fully saturated rings. The molecule has 1 unspecified atom stereocenters. The molecule has 1 aromatic heterocycles. The van der Waals surface area contributed by atoms with Gasteiger partial charge in [-0.25, -0.2) is 4.98 Å². The summed E-state index contributed by atoms with van der Waals surface area (Å²) in [4.78, 5) is 17.9. The molecular formula is C12H18BrN3O3. The van der Waals surface area contributed by atoms with E-state index in [1.54, 1.807) is 26.4 Å². The number of amides is 1. The lowest BCUT2D eigenvalue weighted by Crippen LogP contribution is -2.36. The van der Waals surface area contributed by atoms with E-state index in [9.17, 15) is 9.90 Å². The number of aliphatic hydroxyl groups is 1. The Kier molecular flexibility index (Phi) is 6.20. The second-order valence-electron chi connectivity index (χ2n) is 4.09. The molecule has 1 heterocycles. The predicted octanol–water partition coefficient (Wildman–Crippen LogP) is 0.965. The fourth-order valence-corrected chi connectivity index (χ4v) is 1.98. The number of aliphatic hydroxyl groups excluding tert-OH is 1. The maximum Gasteiger partial charge on any atom is 0.257 e. The molecule has 0 spiro atoms. The summed E-state index contributed by atoms with van der Waals surface area (Å²) in [7, 11) is 4.83. The van der Waals surface area contributed by atoms with Crippen LogP contribution in [-0.4, -0.2) is 61.4 Å². The van der Waals surface area contributed by atoms with Gasteiger partial charge in [0.05, 0.1) is 18.3 Å². The van der Waals surface area contributed by atoms with E-state index in [1.165, 1.54) is 12.0 Å².